The monoisotopic (exact) mass is 232 g/mol. The van der Waals surface area contributed by atoms with Crippen LogP contribution in [-0.2, 0) is 6.18 Å². The maximum atomic E-state index is 12.5. The Morgan fingerprint density at radius 2 is 2.07 bits per heavy atom. The molecule has 6 heteroatoms. The molecule has 0 aliphatic rings. The number of halogens is 3. The Morgan fingerprint density at radius 1 is 1.40 bits per heavy atom. The molecule has 15 heavy (non-hydrogen) atoms. The Morgan fingerprint density at radius 3 is 2.67 bits per heavy atom. The van der Waals surface area contributed by atoms with Crippen molar-refractivity contribution >= 4 is 27.2 Å². The molecule has 0 bridgehead atoms. The summed E-state index contributed by atoms with van der Waals surface area (Å²) in [5, 5.41) is 1.67. The van der Waals surface area contributed by atoms with E-state index >= 15 is 0 Å². The van der Waals surface area contributed by atoms with Crippen molar-refractivity contribution in [1.82, 2.24) is 4.98 Å². The van der Waals surface area contributed by atoms with Gasteiger partial charge in [-0.3, -0.25) is 0 Å². The van der Waals surface area contributed by atoms with Crippen molar-refractivity contribution in [2.24, 2.45) is 0 Å². The lowest BCUT2D eigenvalue weighted by Crippen LogP contribution is -2.12. The fourth-order valence-corrected chi connectivity index (χ4v) is 2.22. The minimum Gasteiger partial charge on any atom is -0.397 e. The molecule has 80 valence electrons. The number of nitrogens with two attached hydrogens (primary N) is 1. The average molecular weight is 232 g/mol. The van der Waals surface area contributed by atoms with Crippen LogP contribution in [0.25, 0.3) is 10.2 Å². The number of rotatable bonds is 0. The predicted molar refractivity (Wildman–Crippen MR) is 53.8 cm³/mol. The highest BCUT2D eigenvalue weighted by Gasteiger charge is 2.35. The van der Waals surface area contributed by atoms with E-state index in [-0.39, 0.29) is 11.3 Å². The number of anilines is 1. The Labute approximate surface area is 87.5 Å². The topological polar surface area (TPSA) is 38.9 Å². The molecule has 0 aromatic carbocycles. The molecule has 2 nitrogen and oxygen atoms in total. The van der Waals surface area contributed by atoms with Crippen LogP contribution in [0, 0.1) is 6.92 Å². The van der Waals surface area contributed by atoms with E-state index in [4.69, 9.17) is 5.73 Å². The normalized spacial score (nSPS) is 12.3. The number of hydrogen-bond acceptors (Lipinski definition) is 3. The van der Waals surface area contributed by atoms with E-state index < -0.39 is 11.9 Å². The highest BCUT2D eigenvalue weighted by Crippen LogP contribution is 2.37. The zero-order chi connectivity index (χ0) is 11.2. The van der Waals surface area contributed by atoms with Crippen molar-refractivity contribution in [3.05, 3.63) is 22.7 Å². The summed E-state index contributed by atoms with van der Waals surface area (Å²) in [6.07, 6.45) is -4.45. The molecule has 0 atom stereocenters. The Balaban J connectivity index is 2.82. The number of fused-ring (bicyclic) bond motifs is 1. The van der Waals surface area contributed by atoms with Crippen LogP contribution in [0.2, 0.25) is 0 Å². The number of aromatic nitrogens is 1. The minimum absolute atomic E-state index is 0.00236. The number of alkyl halides is 3. The van der Waals surface area contributed by atoms with E-state index in [1.807, 2.05) is 0 Å². The van der Waals surface area contributed by atoms with Gasteiger partial charge in [0.15, 0.2) is 0 Å². The van der Waals surface area contributed by atoms with Gasteiger partial charge >= 0.3 is 6.18 Å². The summed E-state index contributed by atoms with van der Waals surface area (Å²) in [5.74, 6) is 0. The molecule has 2 aromatic rings. The zero-order valence-electron chi connectivity index (χ0n) is 7.72. The lowest BCUT2D eigenvalue weighted by Gasteiger charge is -2.11. The molecule has 2 aromatic heterocycles. The Kier molecular flexibility index (Phi) is 2.11. The summed E-state index contributed by atoms with van der Waals surface area (Å²) in [5.41, 5.74) is 5.20. The first-order valence-electron chi connectivity index (χ1n) is 4.11. The summed E-state index contributed by atoms with van der Waals surface area (Å²) in [6, 6.07) is 1.53. The molecule has 0 spiro atoms. The van der Waals surface area contributed by atoms with Crippen molar-refractivity contribution in [3.63, 3.8) is 0 Å². The largest absolute Gasteiger partial charge is 0.433 e. The smallest absolute Gasteiger partial charge is 0.397 e. The third kappa shape index (κ3) is 1.54. The van der Waals surface area contributed by atoms with Crippen LogP contribution in [0.3, 0.4) is 0 Å². The molecule has 0 amide bonds. The van der Waals surface area contributed by atoms with E-state index in [1.165, 1.54) is 24.3 Å². The van der Waals surface area contributed by atoms with Gasteiger partial charge in [-0.25, -0.2) is 4.98 Å². The van der Waals surface area contributed by atoms with E-state index in [9.17, 15) is 13.2 Å². The first-order chi connectivity index (χ1) is 6.91. The molecular formula is C9H7F3N2S. The maximum absolute atomic E-state index is 12.5. The molecule has 2 rings (SSSR count). The Hall–Kier alpha value is -1.30. The van der Waals surface area contributed by atoms with Crippen LogP contribution in [-0.4, -0.2) is 4.98 Å². The highest BCUT2D eigenvalue weighted by atomic mass is 32.1. The summed E-state index contributed by atoms with van der Waals surface area (Å²) in [7, 11) is 0. The van der Waals surface area contributed by atoms with Gasteiger partial charge in [0, 0.05) is 5.56 Å². The van der Waals surface area contributed by atoms with Crippen LogP contribution in [0.5, 0.6) is 0 Å². The third-order valence-electron chi connectivity index (χ3n) is 2.15. The minimum atomic E-state index is -4.45. The molecule has 2 N–H and O–H groups in total. The molecule has 0 aliphatic heterocycles. The fourth-order valence-electron chi connectivity index (χ4n) is 1.37. The first-order valence-corrected chi connectivity index (χ1v) is 4.99. The number of nitrogen functional groups attached to an aromatic ring is 1. The molecule has 2 heterocycles. The van der Waals surface area contributed by atoms with Crippen LogP contribution in [0.4, 0.5) is 18.9 Å². The molecule has 0 fully saturated rings. The summed E-state index contributed by atoms with van der Waals surface area (Å²) >= 11 is 1.29. The van der Waals surface area contributed by atoms with Crippen molar-refractivity contribution < 1.29 is 13.2 Å². The molecule has 0 radical (unpaired) electrons. The first kappa shape index (κ1) is 10.2. The van der Waals surface area contributed by atoms with Crippen LogP contribution in [0.1, 0.15) is 11.3 Å². The van der Waals surface area contributed by atoms with Gasteiger partial charge in [0.25, 0.3) is 0 Å². The van der Waals surface area contributed by atoms with Gasteiger partial charge in [0.05, 0.1) is 15.9 Å². The van der Waals surface area contributed by atoms with E-state index in [1.54, 1.807) is 5.38 Å². The van der Waals surface area contributed by atoms with E-state index in [0.29, 0.717) is 10.2 Å². The Bertz CT molecular complexity index is 516. The molecule has 0 saturated carbocycles. The second-order valence-electron chi connectivity index (χ2n) is 3.13. The average Bonchev–Trinajstić information content (AvgIpc) is 2.57. The molecule has 0 saturated heterocycles. The van der Waals surface area contributed by atoms with Crippen molar-refractivity contribution in [2.45, 2.75) is 13.1 Å². The summed E-state index contributed by atoms with van der Waals surface area (Å²) < 4.78 is 38.3. The highest BCUT2D eigenvalue weighted by molar-refractivity contribution is 7.17. The lowest BCUT2D eigenvalue weighted by molar-refractivity contribution is -0.141. The number of thiophene rings is 1. The van der Waals surface area contributed by atoms with Crippen molar-refractivity contribution in [2.75, 3.05) is 5.73 Å². The van der Waals surface area contributed by atoms with Gasteiger partial charge in [-0.1, -0.05) is 0 Å². The maximum Gasteiger partial charge on any atom is 0.433 e. The molecule has 0 unspecified atom stereocenters. The second kappa shape index (κ2) is 3.10. The summed E-state index contributed by atoms with van der Waals surface area (Å²) in [4.78, 5) is 3.57. The SMILES string of the molecule is Cc1c(C(F)(F)F)nc2ccsc2c1N. The van der Waals surface area contributed by atoms with Gasteiger partial charge < -0.3 is 5.73 Å². The second-order valence-corrected chi connectivity index (χ2v) is 4.05. The van der Waals surface area contributed by atoms with Gasteiger partial charge in [-0.2, -0.15) is 13.2 Å². The quantitative estimate of drug-likeness (QED) is 0.757. The van der Waals surface area contributed by atoms with Crippen LogP contribution < -0.4 is 5.73 Å². The number of nitrogens with zero attached hydrogens (tertiary/aromatic N) is 1. The lowest BCUT2D eigenvalue weighted by atomic mass is 10.1. The van der Waals surface area contributed by atoms with Gasteiger partial charge in [0.2, 0.25) is 0 Å². The van der Waals surface area contributed by atoms with Gasteiger partial charge in [-0.15, -0.1) is 11.3 Å². The standard InChI is InChI=1S/C9H7F3N2S/c1-4-6(13)7-5(2-3-15-7)14-8(4)9(10,11)12/h2-3H,1H3,(H2,13,14). The van der Waals surface area contributed by atoms with Gasteiger partial charge in [0.1, 0.15) is 5.69 Å². The van der Waals surface area contributed by atoms with Crippen LogP contribution in [0.15, 0.2) is 11.4 Å². The van der Waals surface area contributed by atoms with Crippen LogP contribution >= 0.6 is 11.3 Å². The van der Waals surface area contributed by atoms with Crippen molar-refractivity contribution in [1.29, 1.82) is 0 Å². The fraction of sp³-hybridized carbons (Fsp3) is 0.222. The van der Waals surface area contributed by atoms with Crippen molar-refractivity contribution in [3.8, 4) is 0 Å². The van der Waals surface area contributed by atoms with E-state index in [2.05, 4.69) is 4.98 Å². The predicted octanol–water partition coefficient (Wildman–Crippen LogP) is 3.21. The molecular weight excluding hydrogens is 225 g/mol. The summed E-state index contributed by atoms with van der Waals surface area (Å²) in [6.45, 7) is 1.34. The van der Waals surface area contributed by atoms with E-state index in [0.717, 1.165) is 0 Å². The van der Waals surface area contributed by atoms with Gasteiger partial charge in [-0.05, 0) is 18.4 Å². The number of pyridine rings is 1. The zero-order valence-corrected chi connectivity index (χ0v) is 8.54. The third-order valence-corrected chi connectivity index (χ3v) is 3.09. The molecule has 0 aliphatic carbocycles. The number of hydrogen-bond donors (Lipinski definition) is 1.